The van der Waals surface area contributed by atoms with Crippen LogP contribution in [0, 0.1) is 0 Å². The lowest BCUT2D eigenvalue weighted by Crippen LogP contribution is -2.08. The molecule has 0 saturated carbocycles. The van der Waals surface area contributed by atoms with Crippen molar-refractivity contribution >= 4 is 33.2 Å². The molecule has 2 aromatic carbocycles. The second kappa shape index (κ2) is 5.84. The third-order valence-electron chi connectivity index (χ3n) is 3.17. The number of carbonyl (C=O) groups is 1. The largest absolute Gasteiger partial charge is 0.365 e. The van der Waals surface area contributed by atoms with E-state index in [0.717, 1.165) is 26.0 Å². The minimum atomic E-state index is -0.388. The second-order valence-electron chi connectivity index (χ2n) is 4.59. The molecule has 104 valence electrons. The first-order chi connectivity index (χ1) is 10.1. The first kappa shape index (κ1) is 14.0. The quantitative estimate of drug-likeness (QED) is 0.708. The summed E-state index contributed by atoms with van der Waals surface area (Å²) in [5, 5.41) is 0. The number of halogens is 1. The van der Waals surface area contributed by atoms with E-state index in [0.29, 0.717) is 4.88 Å². The zero-order valence-electron chi connectivity index (χ0n) is 11.0. The van der Waals surface area contributed by atoms with E-state index < -0.39 is 0 Å². The minimum absolute atomic E-state index is 0.388. The van der Waals surface area contributed by atoms with Gasteiger partial charge in [-0.2, -0.15) is 0 Å². The molecule has 0 saturated heterocycles. The van der Waals surface area contributed by atoms with E-state index in [2.05, 4.69) is 15.9 Å². The van der Waals surface area contributed by atoms with Gasteiger partial charge in [0.2, 0.25) is 0 Å². The summed E-state index contributed by atoms with van der Waals surface area (Å²) in [6, 6.07) is 20.0. The summed E-state index contributed by atoms with van der Waals surface area (Å²) in [5.41, 5.74) is 8.64. The van der Waals surface area contributed by atoms with Crippen LogP contribution in [0.3, 0.4) is 0 Å². The molecule has 21 heavy (non-hydrogen) atoms. The first-order valence-electron chi connectivity index (χ1n) is 6.40. The molecule has 1 aromatic heterocycles. The Bertz CT molecular complexity index is 778. The third-order valence-corrected chi connectivity index (χ3v) is 4.89. The van der Waals surface area contributed by atoms with Crippen LogP contribution in [0.15, 0.2) is 65.1 Å². The summed E-state index contributed by atoms with van der Waals surface area (Å²) in [5.74, 6) is -0.388. The molecule has 0 atom stereocenters. The van der Waals surface area contributed by atoms with Crippen molar-refractivity contribution in [2.24, 2.45) is 5.73 Å². The highest BCUT2D eigenvalue weighted by molar-refractivity contribution is 9.10. The Kier molecular flexibility index (Phi) is 3.90. The topological polar surface area (TPSA) is 43.1 Å². The van der Waals surface area contributed by atoms with Gasteiger partial charge in [0.15, 0.2) is 0 Å². The van der Waals surface area contributed by atoms with Crippen molar-refractivity contribution in [3.05, 3.63) is 70.0 Å². The summed E-state index contributed by atoms with van der Waals surface area (Å²) in [6.45, 7) is 0. The highest BCUT2D eigenvalue weighted by Gasteiger charge is 2.15. The maximum absolute atomic E-state index is 11.5. The highest BCUT2D eigenvalue weighted by Crippen LogP contribution is 2.39. The molecule has 0 fully saturated rings. The number of thiophene rings is 1. The molecule has 0 spiro atoms. The Morgan fingerprint density at radius 1 is 0.952 bits per heavy atom. The Balaban J connectivity index is 2.19. The van der Waals surface area contributed by atoms with Gasteiger partial charge in [-0.05, 0) is 29.3 Å². The van der Waals surface area contributed by atoms with Gasteiger partial charge >= 0.3 is 0 Å². The molecule has 1 amide bonds. The van der Waals surface area contributed by atoms with Gasteiger partial charge in [0, 0.05) is 14.9 Å². The Labute approximate surface area is 135 Å². The Hall–Kier alpha value is -1.91. The van der Waals surface area contributed by atoms with Crippen molar-refractivity contribution in [3.8, 4) is 21.6 Å². The lowest BCUT2D eigenvalue weighted by atomic mass is 10.0. The van der Waals surface area contributed by atoms with Crippen molar-refractivity contribution in [2.45, 2.75) is 0 Å². The normalized spacial score (nSPS) is 10.5. The molecule has 3 rings (SSSR count). The molecule has 0 unspecified atom stereocenters. The maximum Gasteiger partial charge on any atom is 0.258 e. The summed E-state index contributed by atoms with van der Waals surface area (Å²) in [4.78, 5) is 13.1. The summed E-state index contributed by atoms with van der Waals surface area (Å²) in [6.07, 6.45) is 0. The lowest BCUT2D eigenvalue weighted by molar-refractivity contribution is 0.100. The van der Waals surface area contributed by atoms with E-state index in [-0.39, 0.29) is 5.91 Å². The number of nitrogens with two attached hydrogens (primary N) is 1. The molecule has 0 aliphatic rings. The predicted octanol–water partition coefficient (Wildman–Crippen LogP) is 4.94. The van der Waals surface area contributed by atoms with Crippen molar-refractivity contribution in [1.82, 2.24) is 0 Å². The number of rotatable bonds is 3. The fraction of sp³-hybridized carbons (Fsp3) is 0. The van der Waals surface area contributed by atoms with Gasteiger partial charge in [0.05, 0.1) is 4.88 Å². The van der Waals surface area contributed by atoms with Crippen LogP contribution in [0.2, 0.25) is 0 Å². The monoisotopic (exact) mass is 357 g/mol. The minimum Gasteiger partial charge on any atom is -0.365 e. The standard InChI is InChI=1S/C17H12BrNOS/c18-13-8-6-11(7-9-13)14-10-15(17(19)20)21-16(14)12-4-2-1-3-5-12/h1-10H,(H2,19,20). The van der Waals surface area contributed by atoms with Crippen LogP contribution < -0.4 is 5.73 Å². The number of carbonyl (C=O) groups excluding carboxylic acids is 1. The van der Waals surface area contributed by atoms with Gasteiger partial charge in [0.25, 0.3) is 5.91 Å². The SMILES string of the molecule is NC(=O)c1cc(-c2ccc(Br)cc2)c(-c2ccccc2)s1. The van der Waals surface area contributed by atoms with Crippen LogP contribution in [0.4, 0.5) is 0 Å². The van der Waals surface area contributed by atoms with Crippen LogP contribution in [0.5, 0.6) is 0 Å². The molecule has 1 heterocycles. The van der Waals surface area contributed by atoms with Crippen molar-refractivity contribution in [1.29, 1.82) is 0 Å². The summed E-state index contributed by atoms with van der Waals surface area (Å²) < 4.78 is 1.03. The van der Waals surface area contributed by atoms with Gasteiger partial charge in [-0.1, -0.05) is 58.4 Å². The van der Waals surface area contributed by atoms with Gasteiger partial charge in [-0.25, -0.2) is 0 Å². The van der Waals surface area contributed by atoms with E-state index in [1.165, 1.54) is 11.3 Å². The van der Waals surface area contributed by atoms with E-state index in [4.69, 9.17) is 5.73 Å². The van der Waals surface area contributed by atoms with Gasteiger partial charge in [-0.3, -0.25) is 4.79 Å². The van der Waals surface area contributed by atoms with Crippen LogP contribution in [0.1, 0.15) is 9.67 Å². The zero-order chi connectivity index (χ0) is 14.8. The van der Waals surface area contributed by atoms with E-state index in [9.17, 15) is 4.79 Å². The number of benzene rings is 2. The molecule has 0 radical (unpaired) electrons. The van der Waals surface area contributed by atoms with Crippen LogP contribution in [0.25, 0.3) is 21.6 Å². The molecule has 0 aliphatic heterocycles. The summed E-state index contributed by atoms with van der Waals surface area (Å²) >= 11 is 4.87. The first-order valence-corrected chi connectivity index (χ1v) is 8.01. The van der Waals surface area contributed by atoms with Crippen molar-refractivity contribution in [2.75, 3.05) is 0 Å². The molecule has 4 heteroatoms. The smallest absolute Gasteiger partial charge is 0.258 e. The van der Waals surface area contributed by atoms with Crippen molar-refractivity contribution < 1.29 is 4.79 Å². The van der Waals surface area contributed by atoms with E-state index >= 15 is 0 Å². The molecule has 0 aliphatic carbocycles. The van der Waals surface area contributed by atoms with Crippen LogP contribution >= 0.6 is 27.3 Å². The maximum atomic E-state index is 11.5. The number of hydrogen-bond donors (Lipinski definition) is 1. The molecule has 0 bridgehead atoms. The Morgan fingerprint density at radius 3 is 2.24 bits per heavy atom. The molecule has 3 aromatic rings. The number of primary amides is 1. The van der Waals surface area contributed by atoms with E-state index in [1.807, 2.05) is 60.7 Å². The number of hydrogen-bond acceptors (Lipinski definition) is 2. The molecular formula is C17H12BrNOS. The van der Waals surface area contributed by atoms with Gasteiger partial charge in [0.1, 0.15) is 0 Å². The second-order valence-corrected chi connectivity index (χ2v) is 6.56. The molecular weight excluding hydrogens is 346 g/mol. The Morgan fingerprint density at radius 2 is 1.62 bits per heavy atom. The lowest BCUT2D eigenvalue weighted by Gasteiger charge is -2.04. The van der Waals surface area contributed by atoms with E-state index in [1.54, 1.807) is 0 Å². The zero-order valence-corrected chi connectivity index (χ0v) is 13.4. The number of amides is 1. The fourth-order valence-corrected chi connectivity index (χ4v) is 3.46. The van der Waals surface area contributed by atoms with Crippen LogP contribution in [-0.2, 0) is 0 Å². The van der Waals surface area contributed by atoms with Crippen LogP contribution in [-0.4, -0.2) is 5.91 Å². The molecule has 2 N–H and O–H groups in total. The van der Waals surface area contributed by atoms with Gasteiger partial charge < -0.3 is 5.73 Å². The van der Waals surface area contributed by atoms with Gasteiger partial charge in [-0.15, -0.1) is 11.3 Å². The third kappa shape index (κ3) is 2.91. The average Bonchev–Trinajstić information content (AvgIpc) is 2.94. The summed E-state index contributed by atoms with van der Waals surface area (Å²) in [7, 11) is 0. The molecule has 2 nitrogen and oxygen atoms in total. The fourth-order valence-electron chi connectivity index (χ4n) is 2.16. The average molecular weight is 358 g/mol. The van der Waals surface area contributed by atoms with Crippen molar-refractivity contribution in [3.63, 3.8) is 0 Å². The predicted molar refractivity (Wildman–Crippen MR) is 91.4 cm³/mol. The highest BCUT2D eigenvalue weighted by atomic mass is 79.9.